The number of rotatable bonds is 4. The summed E-state index contributed by atoms with van der Waals surface area (Å²) in [6, 6.07) is 11.8. The number of nitrogens with zero attached hydrogens (tertiary/aromatic N) is 4. The van der Waals surface area contributed by atoms with Crippen molar-refractivity contribution in [1.82, 2.24) is 30.5 Å². The van der Waals surface area contributed by atoms with Gasteiger partial charge in [-0.25, -0.2) is 19.3 Å². The fourth-order valence-electron chi connectivity index (χ4n) is 3.07. The molecule has 29 heavy (non-hydrogen) atoms. The molecule has 0 saturated carbocycles. The van der Waals surface area contributed by atoms with E-state index in [1.807, 2.05) is 18.2 Å². The number of hydrogen-bond acceptors (Lipinski definition) is 6. The first-order valence-corrected chi connectivity index (χ1v) is 9.57. The molecule has 0 atom stereocenters. The molecule has 5 rings (SSSR count). The molecular formula is C20H13FN6OS. The Balaban J connectivity index is 1.42. The van der Waals surface area contributed by atoms with Crippen LogP contribution in [0.25, 0.3) is 32.5 Å². The second-order valence-corrected chi connectivity index (χ2v) is 7.40. The Bertz CT molecular complexity index is 1360. The fraction of sp³-hybridized carbons (Fsp3) is 0.0500. The molecule has 0 aliphatic carbocycles. The highest BCUT2D eigenvalue weighted by Crippen LogP contribution is 2.30. The zero-order valence-corrected chi connectivity index (χ0v) is 15.7. The van der Waals surface area contributed by atoms with Crippen LogP contribution in [-0.2, 0) is 6.54 Å². The molecule has 9 heteroatoms. The number of carbonyl (C=O) groups excluding carboxylic acids is 1. The van der Waals surface area contributed by atoms with E-state index < -0.39 is 0 Å². The van der Waals surface area contributed by atoms with Crippen molar-refractivity contribution in [1.29, 1.82) is 0 Å². The van der Waals surface area contributed by atoms with Crippen LogP contribution >= 0.6 is 11.3 Å². The van der Waals surface area contributed by atoms with Crippen LogP contribution in [0.4, 0.5) is 4.39 Å². The second-order valence-electron chi connectivity index (χ2n) is 6.37. The first kappa shape index (κ1) is 17.4. The largest absolute Gasteiger partial charge is 0.346 e. The van der Waals surface area contributed by atoms with Crippen LogP contribution in [0.15, 0.2) is 55.0 Å². The van der Waals surface area contributed by atoms with Crippen LogP contribution in [0.5, 0.6) is 0 Å². The molecule has 2 N–H and O–H groups in total. The molecule has 0 radical (unpaired) electrons. The first-order valence-electron chi connectivity index (χ1n) is 8.75. The molecule has 7 nitrogen and oxygen atoms in total. The van der Waals surface area contributed by atoms with E-state index >= 15 is 0 Å². The Labute approximate surface area is 167 Å². The number of halogens is 1. The summed E-state index contributed by atoms with van der Waals surface area (Å²) in [6.07, 6.45) is 3.17. The Hall–Kier alpha value is -3.72. The molecule has 0 aliphatic heterocycles. The van der Waals surface area contributed by atoms with Crippen LogP contribution < -0.4 is 5.32 Å². The molecule has 0 spiro atoms. The fourth-order valence-corrected chi connectivity index (χ4v) is 3.99. The number of nitrogens with one attached hydrogen (secondary N) is 2. The molecule has 0 fully saturated rings. The minimum absolute atomic E-state index is 0.233. The Kier molecular flexibility index (Phi) is 4.21. The Morgan fingerprint density at radius 3 is 3.00 bits per heavy atom. The summed E-state index contributed by atoms with van der Waals surface area (Å²) >= 11 is 1.30. The highest BCUT2D eigenvalue weighted by atomic mass is 32.1. The lowest BCUT2D eigenvalue weighted by atomic mass is 10.1. The summed E-state index contributed by atoms with van der Waals surface area (Å²) < 4.78 is 14.1. The Morgan fingerprint density at radius 2 is 2.10 bits per heavy atom. The zero-order valence-electron chi connectivity index (χ0n) is 14.9. The maximum Gasteiger partial charge on any atom is 0.280 e. The van der Waals surface area contributed by atoms with E-state index in [1.165, 1.54) is 29.8 Å². The van der Waals surface area contributed by atoms with Gasteiger partial charge in [0.05, 0.1) is 27.5 Å². The van der Waals surface area contributed by atoms with Gasteiger partial charge in [0.1, 0.15) is 12.1 Å². The van der Waals surface area contributed by atoms with E-state index in [1.54, 1.807) is 18.3 Å². The number of carbonyl (C=O) groups is 1. The van der Waals surface area contributed by atoms with Crippen LogP contribution in [0.3, 0.4) is 0 Å². The molecule has 5 aromatic rings. The van der Waals surface area contributed by atoms with Crippen LogP contribution in [0.1, 0.15) is 15.4 Å². The van der Waals surface area contributed by atoms with E-state index in [0.29, 0.717) is 16.2 Å². The summed E-state index contributed by atoms with van der Waals surface area (Å²) in [5.74, 6) is -0.628. The van der Waals surface area contributed by atoms with Crippen LogP contribution in [0.2, 0.25) is 0 Å². The van der Waals surface area contributed by atoms with Gasteiger partial charge in [0.25, 0.3) is 5.91 Å². The van der Waals surface area contributed by atoms with Gasteiger partial charge in [-0.05, 0) is 29.8 Å². The predicted octanol–water partition coefficient (Wildman–Crippen LogP) is 3.70. The molecule has 0 aliphatic rings. The van der Waals surface area contributed by atoms with Gasteiger partial charge in [0.2, 0.25) is 0 Å². The van der Waals surface area contributed by atoms with Crippen molar-refractivity contribution < 1.29 is 9.18 Å². The van der Waals surface area contributed by atoms with Crippen LogP contribution in [0, 0.1) is 5.82 Å². The van der Waals surface area contributed by atoms with Gasteiger partial charge < -0.3 is 5.32 Å². The van der Waals surface area contributed by atoms with E-state index in [9.17, 15) is 9.18 Å². The second kappa shape index (κ2) is 7.02. The van der Waals surface area contributed by atoms with Gasteiger partial charge in [-0.15, -0.1) is 11.3 Å². The third-order valence-corrected chi connectivity index (χ3v) is 5.46. The van der Waals surface area contributed by atoms with E-state index in [0.717, 1.165) is 26.9 Å². The third-order valence-electron chi connectivity index (χ3n) is 4.45. The standard InChI is InChI=1S/C20H13FN6OS/c21-13-3-1-2-11(6-13)8-22-19(28)20-26-15-5-4-12(7-16(15)29-20)17-14-9-25-27-18(14)24-10-23-17/h1-7,9-10H,8H2,(H,22,28)(H,23,24,25,27). The summed E-state index contributed by atoms with van der Waals surface area (Å²) in [4.78, 5) is 25.4. The van der Waals surface area contributed by atoms with Crippen molar-refractivity contribution in [2.24, 2.45) is 0 Å². The topological polar surface area (TPSA) is 96.5 Å². The average Bonchev–Trinajstić information content (AvgIpc) is 3.38. The van der Waals surface area contributed by atoms with Crippen molar-refractivity contribution in [3.05, 3.63) is 71.4 Å². The minimum atomic E-state index is -0.333. The van der Waals surface area contributed by atoms with Crippen molar-refractivity contribution in [3.8, 4) is 11.3 Å². The molecular weight excluding hydrogens is 391 g/mol. The number of fused-ring (bicyclic) bond motifs is 2. The first-order chi connectivity index (χ1) is 14.2. The predicted molar refractivity (Wildman–Crippen MR) is 108 cm³/mol. The molecule has 0 saturated heterocycles. The van der Waals surface area contributed by atoms with Crippen LogP contribution in [-0.4, -0.2) is 31.1 Å². The normalized spacial score (nSPS) is 11.2. The number of amides is 1. The molecule has 0 bridgehead atoms. The molecule has 3 aromatic heterocycles. The lowest BCUT2D eigenvalue weighted by Crippen LogP contribution is -2.22. The van der Waals surface area contributed by atoms with Crippen molar-refractivity contribution in [2.45, 2.75) is 6.54 Å². The SMILES string of the molecule is O=C(NCc1cccc(F)c1)c1nc2ccc(-c3ncnc4[nH]ncc34)cc2s1. The van der Waals surface area contributed by atoms with Gasteiger partial charge in [-0.2, -0.15) is 5.10 Å². The lowest BCUT2D eigenvalue weighted by Gasteiger charge is -2.03. The monoisotopic (exact) mass is 404 g/mol. The summed E-state index contributed by atoms with van der Waals surface area (Å²) in [6.45, 7) is 0.233. The minimum Gasteiger partial charge on any atom is -0.346 e. The molecule has 3 heterocycles. The van der Waals surface area contributed by atoms with Gasteiger partial charge in [-0.3, -0.25) is 9.89 Å². The molecule has 0 unspecified atom stereocenters. The summed E-state index contributed by atoms with van der Waals surface area (Å²) in [5.41, 5.74) is 3.73. The van der Waals surface area contributed by atoms with E-state index in [2.05, 4.69) is 30.5 Å². The van der Waals surface area contributed by atoms with E-state index in [4.69, 9.17) is 0 Å². The number of benzene rings is 2. The number of aromatic amines is 1. The zero-order chi connectivity index (χ0) is 19.8. The van der Waals surface area contributed by atoms with Gasteiger partial charge in [0, 0.05) is 12.1 Å². The van der Waals surface area contributed by atoms with Gasteiger partial charge in [-0.1, -0.05) is 18.2 Å². The van der Waals surface area contributed by atoms with Crippen molar-refractivity contribution in [3.63, 3.8) is 0 Å². The van der Waals surface area contributed by atoms with Crippen molar-refractivity contribution >= 4 is 38.5 Å². The molecule has 142 valence electrons. The quantitative estimate of drug-likeness (QED) is 0.476. The number of H-pyrrole nitrogens is 1. The van der Waals surface area contributed by atoms with E-state index in [-0.39, 0.29) is 18.3 Å². The average molecular weight is 404 g/mol. The smallest absolute Gasteiger partial charge is 0.280 e. The third kappa shape index (κ3) is 3.32. The number of aromatic nitrogens is 5. The van der Waals surface area contributed by atoms with Gasteiger partial charge in [0.15, 0.2) is 10.7 Å². The molecule has 1 amide bonds. The lowest BCUT2D eigenvalue weighted by molar-refractivity contribution is 0.0950. The highest BCUT2D eigenvalue weighted by molar-refractivity contribution is 7.20. The summed E-state index contributed by atoms with van der Waals surface area (Å²) in [7, 11) is 0. The highest BCUT2D eigenvalue weighted by Gasteiger charge is 2.14. The molecule has 2 aromatic carbocycles. The van der Waals surface area contributed by atoms with Crippen molar-refractivity contribution in [2.75, 3.05) is 0 Å². The summed E-state index contributed by atoms with van der Waals surface area (Å²) in [5, 5.41) is 10.8. The number of hydrogen-bond donors (Lipinski definition) is 2. The maximum atomic E-state index is 13.3. The Morgan fingerprint density at radius 1 is 1.17 bits per heavy atom. The van der Waals surface area contributed by atoms with Gasteiger partial charge >= 0.3 is 0 Å². The number of thiazole rings is 1. The maximum absolute atomic E-state index is 13.3.